The molecular formula is C13H18N4O2. The largest absolute Gasteiger partial charge is 0.399 e. The number of hydrogen-bond acceptors (Lipinski definition) is 3. The Kier molecular flexibility index (Phi) is 3.89. The molecule has 102 valence electrons. The van der Waals surface area contributed by atoms with Gasteiger partial charge in [0.2, 0.25) is 5.91 Å². The maximum atomic E-state index is 11.8. The number of nitrogens with one attached hydrogen (secondary N) is 2. The molecule has 6 heteroatoms. The predicted molar refractivity (Wildman–Crippen MR) is 73.8 cm³/mol. The number of amides is 3. The number of carbonyl (C=O) groups is 2. The normalized spacial score (nSPS) is 14.4. The van der Waals surface area contributed by atoms with Crippen molar-refractivity contribution in [3.8, 4) is 0 Å². The van der Waals surface area contributed by atoms with E-state index >= 15 is 0 Å². The van der Waals surface area contributed by atoms with E-state index in [4.69, 9.17) is 5.73 Å². The van der Waals surface area contributed by atoms with Gasteiger partial charge in [0.05, 0.1) is 0 Å². The smallest absolute Gasteiger partial charge is 0.317 e. The highest BCUT2D eigenvalue weighted by atomic mass is 16.2. The first-order valence-corrected chi connectivity index (χ1v) is 6.25. The third-order valence-electron chi connectivity index (χ3n) is 3.08. The van der Waals surface area contributed by atoms with Gasteiger partial charge >= 0.3 is 6.03 Å². The standard InChI is InChI=1S/C13H18N4O2/c1-9-8-10(14)2-3-11(9)16-12(18)4-6-17-7-5-15-13(17)19/h2-3,8H,4-7,14H2,1H3,(H,15,19)(H,16,18). The maximum absolute atomic E-state index is 11.8. The highest BCUT2D eigenvalue weighted by Crippen LogP contribution is 2.17. The van der Waals surface area contributed by atoms with E-state index in [-0.39, 0.29) is 18.4 Å². The molecule has 2 rings (SSSR count). The zero-order chi connectivity index (χ0) is 13.8. The van der Waals surface area contributed by atoms with E-state index in [0.717, 1.165) is 11.3 Å². The zero-order valence-electron chi connectivity index (χ0n) is 10.9. The molecule has 0 spiro atoms. The van der Waals surface area contributed by atoms with Gasteiger partial charge in [-0.3, -0.25) is 4.79 Å². The molecule has 0 atom stereocenters. The number of nitrogens with two attached hydrogens (primary N) is 1. The molecule has 1 aromatic rings. The Labute approximate surface area is 112 Å². The van der Waals surface area contributed by atoms with Gasteiger partial charge in [-0.15, -0.1) is 0 Å². The van der Waals surface area contributed by atoms with Crippen LogP contribution in [0, 0.1) is 6.92 Å². The van der Waals surface area contributed by atoms with E-state index in [1.54, 1.807) is 17.0 Å². The lowest BCUT2D eigenvalue weighted by Crippen LogP contribution is -2.31. The van der Waals surface area contributed by atoms with Crippen LogP contribution in [0.3, 0.4) is 0 Å². The number of aryl methyl sites for hydroxylation is 1. The summed E-state index contributed by atoms with van der Waals surface area (Å²) >= 11 is 0. The Morgan fingerprint density at radius 1 is 1.53 bits per heavy atom. The number of benzene rings is 1. The molecular weight excluding hydrogens is 244 g/mol. The molecule has 1 saturated heterocycles. The maximum Gasteiger partial charge on any atom is 0.317 e. The minimum Gasteiger partial charge on any atom is -0.399 e. The van der Waals surface area contributed by atoms with Gasteiger partial charge < -0.3 is 21.3 Å². The highest BCUT2D eigenvalue weighted by molar-refractivity contribution is 5.92. The van der Waals surface area contributed by atoms with Crippen molar-refractivity contribution in [2.45, 2.75) is 13.3 Å². The monoisotopic (exact) mass is 262 g/mol. The minimum absolute atomic E-state index is 0.100. The second-order valence-corrected chi connectivity index (χ2v) is 4.59. The van der Waals surface area contributed by atoms with Crippen molar-refractivity contribution in [3.05, 3.63) is 23.8 Å². The summed E-state index contributed by atoms with van der Waals surface area (Å²) in [6, 6.07) is 5.24. The Hall–Kier alpha value is -2.24. The molecule has 0 aromatic heterocycles. The van der Waals surface area contributed by atoms with Gasteiger partial charge in [0, 0.05) is 37.4 Å². The van der Waals surface area contributed by atoms with Gasteiger partial charge in [-0.2, -0.15) is 0 Å². The van der Waals surface area contributed by atoms with Crippen molar-refractivity contribution in [3.63, 3.8) is 0 Å². The summed E-state index contributed by atoms with van der Waals surface area (Å²) in [6.07, 6.45) is 0.289. The number of nitrogens with zero attached hydrogens (tertiary/aromatic N) is 1. The molecule has 0 bridgehead atoms. The van der Waals surface area contributed by atoms with Crippen LogP contribution in [0.15, 0.2) is 18.2 Å². The molecule has 0 aliphatic carbocycles. The van der Waals surface area contributed by atoms with Crippen molar-refractivity contribution < 1.29 is 9.59 Å². The summed E-state index contributed by atoms with van der Waals surface area (Å²) < 4.78 is 0. The van der Waals surface area contributed by atoms with Gasteiger partial charge in [-0.25, -0.2) is 4.79 Å². The number of anilines is 2. The van der Waals surface area contributed by atoms with Crippen molar-refractivity contribution in [1.29, 1.82) is 0 Å². The number of urea groups is 1. The van der Waals surface area contributed by atoms with E-state index in [2.05, 4.69) is 10.6 Å². The molecule has 1 aromatic carbocycles. The Morgan fingerprint density at radius 2 is 2.32 bits per heavy atom. The SMILES string of the molecule is Cc1cc(N)ccc1NC(=O)CCN1CCNC1=O. The van der Waals surface area contributed by atoms with Crippen LogP contribution >= 0.6 is 0 Å². The average Bonchev–Trinajstić information content (AvgIpc) is 2.76. The topological polar surface area (TPSA) is 87.5 Å². The third-order valence-corrected chi connectivity index (χ3v) is 3.08. The van der Waals surface area contributed by atoms with Gasteiger partial charge in [0.25, 0.3) is 0 Å². The summed E-state index contributed by atoms with van der Waals surface area (Å²) in [6.45, 7) is 3.64. The van der Waals surface area contributed by atoms with Crippen LogP contribution in [0.5, 0.6) is 0 Å². The Morgan fingerprint density at radius 3 is 2.95 bits per heavy atom. The zero-order valence-corrected chi connectivity index (χ0v) is 10.9. The first-order valence-electron chi connectivity index (χ1n) is 6.25. The Bertz CT molecular complexity index is 501. The van der Waals surface area contributed by atoms with E-state index in [0.29, 0.717) is 25.3 Å². The Balaban J connectivity index is 1.85. The number of carbonyl (C=O) groups excluding carboxylic acids is 2. The second-order valence-electron chi connectivity index (χ2n) is 4.59. The van der Waals surface area contributed by atoms with Crippen LogP contribution in [0.4, 0.5) is 16.2 Å². The summed E-state index contributed by atoms with van der Waals surface area (Å²) in [5, 5.41) is 5.52. The number of nitrogen functional groups attached to an aromatic ring is 1. The molecule has 4 N–H and O–H groups in total. The summed E-state index contributed by atoms with van der Waals surface area (Å²) in [7, 11) is 0. The van der Waals surface area contributed by atoms with Crippen LogP contribution < -0.4 is 16.4 Å². The number of rotatable bonds is 4. The van der Waals surface area contributed by atoms with Crippen LogP contribution in [-0.4, -0.2) is 36.5 Å². The van der Waals surface area contributed by atoms with Crippen molar-refractivity contribution in [1.82, 2.24) is 10.2 Å². The number of hydrogen-bond donors (Lipinski definition) is 3. The molecule has 1 fully saturated rings. The van der Waals surface area contributed by atoms with E-state index < -0.39 is 0 Å². The van der Waals surface area contributed by atoms with Gasteiger partial charge in [0.15, 0.2) is 0 Å². The fraction of sp³-hybridized carbons (Fsp3) is 0.385. The summed E-state index contributed by atoms with van der Waals surface area (Å²) in [4.78, 5) is 24.8. The van der Waals surface area contributed by atoms with Crippen LogP contribution in [0.25, 0.3) is 0 Å². The molecule has 1 aliphatic rings. The van der Waals surface area contributed by atoms with E-state index in [1.807, 2.05) is 13.0 Å². The summed E-state index contributed by atoms with van der Waals surface area (Å²) in [5.74, 6) is -0.104. The fourth-order valence-electron chi connectivity index (χ4n) is 2.00. The molecule has 0 saturated carbocycles. The predicted octanol–water partition coefficient (Wildman–Crippen LogP) is 0.931. The van der Waals surface area contributed by atoms with E-state index in [9.17, 15) is 9.59 Å². The molecule has 3 amide bonds. The lowest BCUT2D eigenvalue weighted by atomic mass is 10.2. The van der Waals surface area contributed by atoms with Gasteiger partial charge in [-0.05, 0) is 30.7 Å². The van der Waals surface area contributed by atoms with E-state index in [1.165, 1.54) is 0 Å². The molecule has 6 nitrogen and oxygen atoms in total. The van der Waals surface area contributed by atoms with Crippen molar-refractivity contribution >= 4 is 23.3 Å². The van der Waals surface area contributed by atoms with Crippen LogP contribution in [0.1, 0.15) is 12.0 Å². The molecule has 1 heterocycles. The molecule has 0 radical (unpaired) electrons. The molecule has 1 aliphatic heterocycles. The first-order chi connectivity index (χ1) is 9.06. The lowest BCUT2D eigenvalue weighted by molar-refractivity contribution is -0.116. The summed E-state index contributed by atoms with van der Waals surface area (Å²) in [5.41, 5.74) is 8.00. The van der Waals surface area contributed by atoms with Gasteiger partial charge in [0.1, 0.15) is 0 Å². The van der Waals surface area contributed by atoms with Crippen LogP contribution in [0.2, 0.25) is 0 Å². The lowest BCUT2D eigenvalue weighted by Gasteiger charge is -2.14. The third kappa shape index (κ3) is 3.37. The first kappa shape index (κ1) is 13.2. The fourth-order valence-corrected chi connectivity index (χ4v) is 2.00. The highest BCUT2D eigenvalue weighted by Gasteiger charge is 2.19. The van der Waals surface area contributed by atoms with Crippen LogP contribution in [-0.2, 0) is 4.79 Å². The molecule has 0 unspecified atom stereocenters. The molecule has 19 heavy (non-hydrogen) atoms. The average molecular weight is 262 g/mol. The minimum atomic E-state index is -0.104. The van der Waals surface area contributed by atoms with Crippen molar-refractivity contribution in [2.75, 3.05) is 30.7 Å². The van der Waals surface area contributed by atoms with Crippen molar-refractivity contribution in [2.24, 2.45) is 0 Å². The quantitative estimate of drug-likeness (QED) is 0.705. The van der Waals surface area contributed by atoms with Gasteiger partial charge in [-0.1, -0.05) is 0 Å². The second kappa shape index (κ2) is 5.60.